The van der Waals surface area contributed by atoms with Gasteiger partial charge in [0.05, 0.1) is 25.0 Å². The predicted molar refractivity (Wildman–Crippen MR) is 124 cm³/mol. The van der Waals surface area contributed by atoms with Crippen LogP contribution in [0.15, 0.2) is 50.4 Å². The van der Waals surface area contributed by atoms with Crippen LogP contribution in [0.5, 0.6) is 11.5 Å². The van der Waals surface area contributed by atoms with Crippen LogP contribution < -0.4 is 20.9 Å². The summed E-state index contributed by atoms with van der Waals surface area (Å²) in [5, 5.41) is 4.78. The fourth-order valence-corrected chi connectivity index (χ4v) is 3.63. The average molecular weight is 471 g/mol. The van der Waals surface area contributed by atoms with Gasteiger partial charge in [-0.05, 0) is 55.7 Å². The molecule has 0 amide bonds. The molecule has 0 fully saturated rings. The van der Waals surface area contributed by atoms with Crippen molar-refractivity contribution in [1.82, 2.24) is 19.2 Å². The van der Waals surface area contributed by atoms with Gasteiger partial charge in [0.15, 0.2) is 0 Å². The monoisotopic (exact) mass is 470 g/mol. The fourth-order valence-electron chi connectivity index (χ4n) is 3.50. The number of ether oxygens (including phenoxy) is 2. The second-order valence-corrected chi connectivity index (χ2v) is 7.72. The van der Waals surface area contributed by atoms with E-state index in [1.165, 1.54) is 7.11 Å². The molecule has 0 radical (unpaired) electrons. The van der Waals surface area contributed by atoms with Crippen molar-refractivity contribution < 1.29 is 13.9 Å². The summed E-state index contributed by atoms with van der Waals surface area (Å²) in [6.45, 7) is 4.54. The van der Waals surface area contributed by atoms with Crippen molar-refractivity contribution >= 4 is 17.4 Å². The van der Waals surface area contributed by atoms with Crippen molar-refractivity contribution in [1.29, 1.82) is 0 Å². The SMILES string of the molecule is CCCCc1cc(-c2nn3c(=O)n(-c4ccc(Cl)cc4)c(=O)nc3o2)c(OC)cc1OCC. The van der Waals surface area contributed by atoms with Crippen molar-refractivity contribution in [2.75, 3.05) is 13.7 Å². The molecule has 0 bridgehead atoms. The summed E-state index contributed by atoms with van der Waals surface area (Å²) in [6.07, 6.45) is 2.79. The molecule has 0 atom stereocenters. The standard InChI is InChI=1S/C23H23ClN4O5/c1-4-6-7-14-12-17(19(31-3)13-18(14)32-5-2)20-26-28-22(33-20)25-21(29)27(23(28)30)16-10-8-15(24)9-11-16/h8-13H,4-7H2,1-3H3. The van der Waals surface area contributed by atoms with Crippen LogP contribution in [-0.4, -0.2) is 32.9 Å². The van der Waals surface area contributed by atoms with E-state index in [4.69, 9.17) is 25.5 Å². The Bertz CT molecular complexity index is 1410. The third-order valence-electron chi connectivity index (χ3n) is 5.11. The highest BCUT2D eigenvalue weighted by Crippen LogP contribution is 2.36. The summed E-state index contributed by atoms with van der Waals surface area (Å²) in [7, 11) is 1.53. The van der Waals surface area contributed by atoms with E-state index >= 15 is 0 Å². The van der Waals surface area contributed by atoms with Crippen LogP contribution in [0, 0.1) is 0 Å². The van der Waals surface area contributed by atoms with Gasteiger partial charge in [-0.2, -0.15) is 0 Å². The molecule has 172 valence electrons. The first-order valence-corrected chi connectivity index (χ1v) is 11.0. The van der Waals surface area contributed by atoms with Gasteiger partial charge < -0.3 is 13.9 Å². The normalized spacial score (nSPS) is 11.2. The summed E-state index contributed by atoms with van der Waals surface area (Å²) < 4.78 is 18.9. The Morgan fingerprint density at radius 2 is 1.85 bits per heavy atom. The van der Waals surface area contributed by atoms with Gasteiger partial charge in [0.2, 0.25) is 0 Å². The highest BCUT2D eigenvalue weighted by atomic mass is 35.5. The van der Waals surface area contributed by atoms with Crippen molar-refractivity contribution in [3.8, 4) is 28.6 Å². The molecule has 9 nitrogen and oxygen atoms in total. The number of methoxy groups -OCH3 is 1. The lowest BCUT2D eigenvalue weighted by atomic mass is 10.0. The predicted octanol–water partition coefficient (Wildman–Crippen LogP) is 3.90. The highest BCUT2D eigenvalue weighted by Gasteiger charge is 2.21. The maximum atomic E-state index is 13.1. The number of hydrogen-bond acceptors (Lipinski definition) is 7. The second-order valence-electron chi connectivity index (χ2n) is 7.29. The third kappa shape index (κ3) is 4.36. The maximum Gasteiger partial charge on any atom is 0.362 e. The van der Waals surface area contributed by atoms with Crippen molar-refractivity contribution in [3.05, 3.63) is 68.0 Å². The quantitative estimate of drug-likeness (QED) is 0.385. The van der Waals surface area contributed by atoms with E-state index in [9.17, 15) is 9.59 Å². The van der Waals surface area contributed by atoms with Gasteiger partial charge in [-0.15, -0.1) is 14.6 Å². The minimum Gasteiger partial charge on any atom is -0.496 e. The molecule has 0 aliphatic heterocycles. The van der Waals surface area contributed by atoms with E-state index in [0.717, 1.165) is 39.7 Å². The lowest BCUT2D eigenvalue weighted by Crippen LogP contribution is -2.38. The van der Waals surface area contributed by atoms with Crippen LogP contribution in [0.25, 0.3) is 23.0 Å². The van der Waals surface area contributed by atoms with E-state index < -0.39 is 11.4 Å². The Labute approximate surface area is 194 Å². The number of fused-ring (bicyclic) bond motifs is 1. The van der Waals surface area contributed by atoms with Crippen LogP contribution in [0.2, 0.25) is 5.02 Å². The molecule has 10 heteroatoms. The fraction of sp³-hybridized carbons (Fsp3) is 0.304. The van der Waals surface area contributed by atoms with Crippen LogP contribution in [0.4, 0.5) is 0 Å². The van der Waals surface area contributed by atoms with Crippen LogP contribution in [0.3, 0.4) is 0 Å². The summed E-state index contributed by atoms with van der Waals surface area (Å²) in [6, 6.07) is 9.91. The number of halogens is 1. The van der Waals surface area contributed by atoms with Gasteiger partial charge >= 0.3 is 17.2 Å². The minimum absolute atomic E-state index is 0.102. The number of rotatable bonds is 8. The molecule has 4 rings (SSSR count). The summed E-state index contributed by atoms with van der Waals surface area (Å²) >= 11 is 5.91. The second kappa shape index (κ2) is 9.50. The topological polar surface area (TPSA) is 101 Å². The molecule has 0 N–H and O–H groups in total. The van der Waals surface area contributed by atoms with Gasteiger partial charge in [0, 0.05) is 11.1 Å². The number of hydrogen-bond donors (Lipinski definition) is 0. The molecule has 2 aromatic heterocycles. The number of nitrogens with zero attached hydrogens (tertiary/aromatic N) is 4. The van der Waals surface area contributed by atoms with Crippen LogP contribution in [-0.2, 0) is 6.42 Å². The Morgan fingerprint density at radius 3 is 2.52 bits per heavy atom. The van der Waals surface area contributed by atoms with Gasteiger partial charge in [0.25, 0.3) is 5.89 Å². The van der Waals surface area contributed by atoms with E-state index in [1.54, 1.807) is 30.3 Å². The first-order chi connectivity index (χ1) is 16.0. The zero-order chi connectivity index (χ0) is 23.5. The van der Waals surface area contributed by atoms with Gasteiger partial charge in [-0.1, -0.05) is 24.9 Å². The molecule has 0 unspecified atom stereocenters. The molecule has 0 saturated carbocycles. The summed E-state index contributed by atoms with van der Waals surface area (Å²) in [5.41, 5.74) is 0.326. The first kappa shape index (κ1) is 22.6. The molecular weight excluding hydrogens is 448 g/mol. The van der Waals surface area contributed by atoms with Gasteiger partial charge in [-0.25, -0.2) is 14.2 Å². The van der Waals surface area contributed by atoms with Crippen LogP contribution in [0.1, 0.15) is 32.3 Å². The van der Waals surface area contributed by atoms with Crippen molar-refractivity contribution in [3.63, 3.8) is 0 Å². The number of aromatic nitrogens is 4. The smallest absolute Gasteiger partial charge is 0.362 e. The Morgan fingerprint density at radius 1 is 1.09 bits per heavy atom. The first-order valence-electron chi connectivity index (χ1n) is 10.6. The lowest BCUT2D eigenvalue weighted by molar-refractivity contribution is 0.332. The third-order valence-corrected chi connectivity index (χ3v) is 5.36. The number of aryl methyl sites for hydroxylation is 1. The largest absolute Gasteiger partial charge is 0.496 e. The molecule has 4 aromatic rings. The number of unbranched alkanes of at least 4 members (excludes halogenated alkanes) is 1. The summed E-state index contributed by atoms with van der Waals surface area (Å²) in [5.74, 6) is 1.08. The molecule has 0 aliphatic carbocycles. The van der Waals surface area contributed by atoms with Crippen LogP contribution >= 0.6 is 11.6 Å². The minimum atomic E-state index is -0.785. The Balaban J connectivity index is 1.88. The van der Waals surface area contributed by atoms with E-state index in [-0.39, 0.29) is 11.7 Å². The van der Waals surface area contributed by atoms with E-state index in [0.29, 0.717) is 28.6 Å². The maximum absolute atomic E-state index is 13.1. The zero-order valence-corrected chi connectivity index (χ0v) is 19.3. The summed E-state index contributed by atoms with van der Waals surface area (Å²) in [4.78, 5) is 29.5. The highest BCUT2D eigenvalue weighted by molar-refractivity contribution is 6.30. The zero-order valence-electron chi connectivity index (χ0n) is 18.5. The molecular formula is C23H23ClN4O5. The molecule has 2 heterocycles. The molecule has 2 aromatic carbocycles. The number of benzene rings is 2. The van der Waals surface area contributed by atoms with Gasteiger partial charge in [0.1, 0.15) is 11.5 Å². The van der Waals surface area contributed by atoms with E-state index in [2.05, 4.69) is 17.0 Å². The average Bonchev–Trinajstić information content (AvgIpc) is 3.23. The molecule has 33 heavy (non-hydrogen) atoms. The Kier molecular flexibility index (Phi) is 6.50. The van der Waals surface area contributed by atoms with Crippen molar-refractivity contribution in [2.45, 2.75) is 33.1 Å². The Hall–Kier alpha value is -3.59. The van der Waals surface area contributed by atoms with Crippen molar-refractivity contribution in [2.24, 2.45) is 0 Å². The molecule has 0 aliphatic rings. The lowest BCUT2D eigenvalue weighted by Gasteiger charge is -2.14. The van der Waals surface area contributed by atoms with E-state index in [1.807, 2.05) is 13.0 Å². The molecule has 0 spiro atoms. The van der Waals surface area contributed by atoms with Gasteiger partial charge in [-0.3, -0.25) is 0 Å². The molecule has 0 saturated heterocycles.